The Morgan fingerprint density at radius 2 is 1.83 bits per heavy atom. The number of aryl methyl sites for hydroxylation is 1. The van der Waals surface area contributed by atoms with E-state index in [1.165, 1.54) is 0 Å². The van der Waals surface area contributed by atoms with Crippen molar-refractivity contribution in [1.29, 1.82) is 0 Å². The van der Waals surface area contributed by atoms with Crippen molar-refractivity contribution < 1.29 is 33.3 Å². The molecule has 35 heavy (non-hydrogen) atoms. The van der Waals surface area contributed by atoms with Crippen molar-refractivity contribution in [3.63, 3.8) is 0 Å². The largest absolute Gasteiger partial charge is 0.493 e. The minimum Gasteiger partial charge on any atom is -0.493 e. The van der Waals surface area contributed by atoms with Crippen molar-refractivity contribution in [3.05, 3.63) is 65.5 Å². The number of oxazole rings is 1. The smallest absolute Gasteiger partial charge is 0.407 e. The molecule has 3 rings (SSSR count). The molecule has 9 nitrogen and oxygen atoms in total. The predicted octanol–water partition coefficient (Wildman–Crippen LogP) is 4.76. The summed E-state index contributed by atoms with van der Waals surface area (Å²) < 4.78 is 22.3. The zero-order valence-corrected chi connectivity index (χ0v) is 20.3. The molecule has 0 atom stereocenters. The zero-order chi connectivity index (χ0) is 25.4. The van der Waals surface area contributed by atoms with E-state index < -0.39 is 24.3 Å². The van der Waals surface area contributed by atoms with Crippen LogP contribution in [-0.4, -0.2) is 41.0 Å². The molecule has 1 aromatic heterocycles. The highest BCUT2D eigenvalue weighted by Crippen LogP contribution is 2.26. The number of carbonyl (C=O) groups is 2. The molecule has 0 bridgehead atoms. The first-order valence-corrected chi connectivity index (χ1v) is 11.2. The van der Waals surface area contributed by atoms with Crippen LogP contribution < -0.4 is 14.8 Å². The molecule has 0 fully saturated rings. The summed E-state index contributed by atoms with van der Waals surface area (Å²) in [6.45, 7) is 7.07. The van der Waals surface area contributed by atoms with Gasteiger partial charge >= 0.3 is 12.1 Å². The number of aliphatic carboxylic acids is 1. The van der Waals surface area contributed by atoms with Crippen LogP contribution >= 0.6 is 0 Å². The predicted molar refractivity (Wildman–Crippen MR) is 129 cm³/mol. The Labute approximate surface area is 204 Å². The lowest BCUT2D eigenvalue weighted by atomic mass is 10.2. The van der Waals surface area contributed by atoms with Crippen molar-refractivity contribution >= 4 is 12.1 Å². The van der Waals surface area contributed by atoms with E-state index in [9.17, 15) is 9.59 Å². The Bertz CT molecular complexity index is 1150. The average molecular weight is 483 g/mol. The maximum absolute atomic E-state index is 12.0. The van der Waals surface area contributed by atoms with Crippen LogP contribution in [0, 0.1) is 6.92 Å². The Kier molecular flexibility index (Phi) is 8.35. The molecule has 0 aliphatic heterocycles. The van der Waals surface area contributed by atoms with Crippen LogP contribution in [0.5, 0.6) is 11.5 Å². The van der Waals surface area contributed by atoms with E-state index in [4.69, 9.17) is 23.7 Å². The van der Waals surface area contributed by atoms with Crippen molar-refractivity contribution in [2.24, 2.45) is 0 Å². The molecule has 186 valence electrons. The second-order valence-electron chi connectivity index (χ2n) is 8.79. The van der Waals surface area contributed by atoms with Crippen LogP contribution in [0.1, 0.15) is 37.8 Å². The van der Waals surface area contributed by atoms with E-state index in [1.54, 1.807) is 39.0 Å². The number of nitrogens with one attached hydrogen (secondary N) is 1. The van der Waals surface area contributed by atoms with Crippen LogP contribution in [0.2, 0.25) is 0 Å². The third-order valence-electron chi connectivity index (χ3n) is 4.73. The number of ether oxygens (including phenoxy) is 3. The van der Waals surface area contributed by atoms with Crippen LogP contribution in [0.4, 0.5) is 4.79 Å². The zero-order valence-electron chi connectivity index (χ0n) is 20.3. The topological polar surface area (TPSA) is 120 Å². The second kappa shape index (κ2) is 11.4. The van der Waals surface area contributed by atoms with E-state index in [-0.39, 0.29) is 6.54 Å². The van der Waals surface area contributed by atoms with Gasteiger partial charge in [0.25, 0.3) is 0 Å². The van der Waals surface area contributed by atoms with Crippen LogP contribution in [0.25, 0.3) is 11.5 Å². The summed E-state index contributed by atoms with van der Waals surface area (Å²) in [4.78, 5) is 27.5. The Morgan fingerprint density at radius 3 is 2.51 bits per heavy atom. The molecule has 3 aromatic rings. The maximum Gasteiger partial charge on any atom is 0.407 e. The molecular weight excluding hydrogens is 452 g/mol. The van der Waals surface area contributed by atoms with E-state index in [2.05, 4.69) is 10.3 Å². The molecule has 1 amide bonds. The van der Waals surface area contributed by atoms with Gasteiger partial charge in [0.1, 0.15) is 22.9 Å². The van der Waals surface area contributed by atoms with Gasteiger partial charge in [-0.1, -0.05) is 18.2 Å². The first-order chi connectivity index (χ1) is 16.6. The van der Waals surface area contributed by atoms with Crippen LogP contribution in [-0.2, 0) is 22.5 Å². The molecule has 0 unspecified atom stereocenters. The van der Waals surface area contributed by atoms with Crippen molar-refractivity contribution in [1.82, 2.24) is 10.3 Å². The first-order valence-electron chi connectivity index (χ1n) is 11.2. The number of hydrogen-bond donors (Lipinski definition) is 2. The second-order valence-corrected chi connectivity index (χ2v) is 8.79. The van der Waals surface area contributed by atoms with Gasteiger partial charge < -0.3 is 29.1 Å². The SMILES string of the molecule is Cc1oc(-c2ccccc2)nc1CCOc1ccc(OCC(=O)O)c(CNC(=O)OC(C)(C)C)c1. The molecule has 0 saturated heterocycles. The maximum atomic E-state index is 12.0. The van der Waals surface area contributed by atoms with Gasteiger partial charge in [0.15, 0.2) is 6.61 Å². The molecule has 2 aromatic carbocycles. The van der Waals surface area contributed by atoms with Crippen molar-refractivity contribution in [3.8, 4) is 23.0 Å². The van der Waals surface area contributed by atoms with E-state index in [0.29, 0.717) is 36.0 Å². The van der Waals surface area contributed by atoms with Crippen molar-refractivity contribution in [2.75, 3.05) is 13.2 Å². The highest BCUT2D eigenvalue weighted by Gasteiger charge is 2.17. The fraction of sp³-hybridized carbons (Fsp3) is 0.346. The Balaban J connectivity index is 1.64. The lowest BCUT2D eigenvalue weighted by Crippen LogP contribution is -2.32. The standard InChI is InChI=1S/C26H30N2O7/c1-17-21(28-24(34-17)18-8-6-5-7-9-18)12-13-32-20-10-11-22(33-16-23(29)30)19(14-20)15-27-25(31)35-26(2,3)4/h5-11,14H,12-13,15-16H2,1-4H3,(H,27,31)(H,29,30). The van der Waals surface area contributed by atoms with Gasteiger partial charge in [-0.3, -0.25) is 0 Å². The van der Waals surface area contributed by atoms with E-state index >= 15 is 0 Å². The summed E-state index contributed by atoms with van der Waals surface area (Å²) in [5, 5.41) is 11.6. The van der Waals surface area contributed by atoms with Crippen LogP contribution in [0.15, 0.2) is 52.9 Å². The molecule has 9 heteroatoms. The number of carboxylic acids is 1. The lowest BCUT2D eigenvalue weighted by molar-refractivity contribution is -0.139. The quantitative estimate of drug-likeness (QED) is 0.424. The first kappa shape index (κ1) is 25.6. The summed E-state index contributed by atoms with van der Waals surface area (Å²) in [6.07, 6.45) is -0.0611. The number of carboxylic acid groups (broad SMARTS) is 1. The molecular formula is C26H30N2O7. The third kappa shape index (κ3) is 8.06. The normalized spacial score (nSPS) is 11.1. The summed E-state index contributed by atoms with van der Waals surface area (Å²) in [5.74, 6) is 1.06. The summed E-state index contributed by atoms with van der Waals surface area (Å²) in [6, 6.07) is 14.6. The average Bonchev–Trinajstić information content (AvgIpc) is 3.17. The van der Waals surface area contributed by atoms with E-state index in [1.807, 2.05) is 37.3 Å². The van der Waals surface area contributed by atoms with Crippen LogP contribution in [0.3, 0.4) is 0 Å². The molecule has 0 radical (unpaired) electrons. The molecule has 0 spiro atoms. The molecule has 1 heterocycles. The number of hydrogen-bond acceptors (Lipinski definition) is 7. The highest BCUT2D eigenvalue weighted by molar-refractivity contribution is 5.69. The van der Waals surface area contributed by atoms with E-state index in [0.717, 1.165) is 17.0 Å². The fourth-order valence-corrected chi connectivity index (χ4v) is 3.18. The molecule has 0 aliphatic rings. The minimum atomic E-state index is -1.10. The number of alkyl carbamates (subject to hydrolysis) is 1. The van der Waals surface area contributed by atoms with Gasteiger partial charge in [0.05, 0.1) is 12.3 Å². The van der Waals surface area contributed by atoms with Gasteiger partial charge in [-0.2, -0.15) is 0 Å². The molecule has 2 N–H and O–H groups in total. The monoisotopic (exact) mass is 482 g/mol. The third-order valence-corrected chi connectivity index (χ3v) is 4.73. The highest BCUT2D eigenvalue weighted by atomic mass is 16.6. The van der Waals surface area contributed by atoms with Gasteiger partial charge in [0, 0.05) is 24.1 Å². The minimum absolute atomic E-state index is 0.0733. The van der Waals surface area contributed by atoms with Gasteiger partial charge in [0.2, 0.25) is 5.89 Å². The number of rotatable bonds is 10. The fourth-order valence-electron chi connectivity index (χ4n) is 3.18. The summed E-state index contributed by atoms with van der Waals surface area (Å²) in [7, 11) is 0. The molecule has 0 aliphatic carbocycles. The Morgan fingerprint density at radius 1 is 1.09 bits per heavy atom. The number of carbonyl (C=O) groups excluding carboxylic acids is 1. The lowest BCUT2D eigenvalue weighted by Gasteiger charge is -2.20. The number of aromatic nitrogens is 1. The van der Waals surface area contributed by atoms with Gasteiger partial charge in [-0.15, -0.1) is 0 Å². The van der Waals surface area contributed by atoms with Gasteiger partial charge in [-0.05, 0) is 58.0 Å². The number of benzene rings is 2. The van der Waals surface area contributed by atoms with Crippen molar-refractivity contribution in [2.45, 2.75) is 46.3 Å². The number of nitrogens with zero attached hydrogens (tertiary/aromatic N) is 1. The summed E-state index contributed by atoms with van der Waals surface area (Å²) in [5.41, 5.74) is 1.62. The Hall–Kier alpha value is -4.01. The molecule has 0 saturated carbocycles. The van der Waals surface area contributed by atoms with Gasteiger partial charge in [-0.25, -0.2) is 14.6 Å². The number of amides is 1. The summed E-state index contributed by atoms with van der Waals surface area (Å²) >= 11 is 0.